The molecule has 0 radical (unpaired) electrons. The standard InChI is InChI=1S/C15H18N2O3/c1-9-5-6-11(10(2)7-9)12(18)8-17-13(19)15(3,4)16-14(17)20/h5-7H,8H2,1-4H3,(H,16,20). The lowest BCUT2D eigenvalue weighted by Crippen LogP contribution is -2.41. The summed E-state index contributed by atoms with van der Waals surface area (Å²) >= 11 is 0. The minimum atomic E-state index is -0.945. The molecule has 3 amide bonds. The van der Waals surface area contributed by atoms with Crippen molar-refractivity contribution >= 4 is 17.7 Å². The third-order valence-corrected chi connectivity index (χ3v) is 3.43. The second-order valence-electron chi connectivity index (χ2n) is 5.69. The number of rotatable bonds is 3. The Morgan fingerprint density at radius 1 is 1.25 bits per heavy atom. The quantitative estimate of drug-likeness (QED) is 0.675. The van der Waals surface area contributed by atoms with Crippen LogP contribution < -0.4 is 5.32 Å². The summed E-state index contributed by atoms with van der Waals surface area (Å²) in [4.78, 5) is 37.0. The fourth-order valence-corrected chi connectivity index (χ4v) is 2.32. The maximum absolute atomic E-state index is 12.3. The highest BCUT2D eigenvalue weighted by Crippen LogP contribution is 2.18. The number of Topliss-reactive ketones (excluding diaryl/α,β-unsaturated/α-hetero) is 1. The smallest absolute Gasteiger partial charge is 0.324 e. The van der Waals surface area contributed by atoms with Crippen molar-refractivity contribution in [2.75, 3.05) is 6.54 Å². The number of nitrogens with one attached hydrogen (secondary N) is 1. The van der Waals surface area contributed by atoms with Gasteiger partial charge in [0.15, 0.2) is 5.78 Å². The fourth-order valence-electron chi connectivity index (χ4n) is 2.32. The van der Waals surface area contributed by atoms with Gasteiger partial charge in [-0.1, -0.05) is 23.8 Å². The average molecular weight is 274 g/mol. The van der Waals surface area contributed by atoms with Crippen LogP contribution in [0.3, 0.4) is 0 Å². The zero-order valence-electron chi connectivity index (χ0n) is 12.1. The summed E-state index contributed by atoms with van der Waals surface area (Å²) in [6.07, 6.45) is 0. The van der Waals surface area contributed by atoms with E-state index in [4.69, 9.17) is 0 Å². The third kappa shape index (κ3) is 2.43. The number of hydrogen-bond donors (Lipinski definition) is 1. The van der Waals surface area contributed by atoms with Gasteiger partial charge in [0.1, 0.15) is 5.54 Å². The van der Waals surface area contributed by atoms with Gasteiger partial charge in [-0.05, 0) is 33.3 Å². The Balaban J connectivity index is 2.20. The topological polar surface area (TPSA) is 66.5 Å². The van der Waals surface area contributed by atoms with E-state index in [1.54, 1.807) is 19.9 Å². The van der Waals surface area contributed by atoms with Gasteiger partial charge in [-0.15, -0.1) is 0 Å². The Hall–Kier alpha value is -2.17. The van der Waals surface area contributed by atoms with Crippen LogP contribution in [0.1, 0.15) is 35.3 Å². The SMILES string of the molecule is Cc1ccc(C(=O)CN2C(=O)NC(C)(C)C2=O)c(C)c1. The number of ketones is 1. The van der Waals surface area contributed by atoms with E-state index in [-0.39, 0.29) is 18.2 Å². The van der Waals surface area contributed by atoms with E-state index in [0.29, 0.717) is 5.56 Å². The lowest BCUT2D eigenvalue weighted by Gasteiger charge is -2.16. The zero-order chi connectivity index (χ0) is 15.1. The minimum absolute atomic E-state index is 0.224. The first-order chi connectivity index (χ1) is 9.22. The van der Waals surface area contributed by atoms with E-state index < -0.39 is 11.6 Å². The van der Waals surface area contributed by atoms with Crippen LogP contribution in [0.2, 0.25) is 0 Å². The summed E-state index contributed by atoms with van der Waals surface area (Å²) in [7, 11) is 0. The molecule has 5 nitrogen and oxygen atoms in total. The number of imide groups is 1. The highest BCUT2D eigenvalue weighted by atomic mass is 16.2. The molecule has 1 fully saturated rings. The molecular formula is C15H18N2O3. The Bertz CT molecular complexity index is 605. The van der Waals surface area contributed by atoms with Crippen molar-refractivity contribution < 1.29 is 14.4 Å². The Morgan fingerprint density at radius 3 is 2.40 bits per heavy atom. The Labute approximate surface area is 118 Å². The van der Waals surface area contributed by atoms with Crippen LogP contribution in [-0.2, 0) is 4.79 Å². The van der Waals surface area contributed by atoms with Crippen molar-refractivity contribution in [3.05, 3.63) is 34.9 Å². The van der Waals surface area contributed by atoms with Crippen molar-refractivity contribution in [3.8, 4) is 0 Å². The molecule has 1 aliphatic rings. The van der Waals surface area contributed by atoms with Gasteiger partial charge in [-0.2, -0.15) is 0 Å². The minimum Gasteiger partial charge on any atom is -0.324 e. The van der Waals surface area contributed by atoms with Gasteiger partial charge in [-0.25, -0.2) is 4.79 Å². The summed E-state index contributed by atoms with van der Waals surface area (Å²) in [5.74, 6) is -0.607. The van der Waals surface area contributed by atoms with E-state index in [9.17, 15) is 14.4 Å². The maximum Gasteiger partial charge on any atom is 0.325 e. The van der Waals surface area contributed by atoms with E-state index in [2.05, 4.69) is 5.32 Å². The molecule has 106 valence electrons. The molecule has 0 aromatic heterocycles. The first-order valence-electron chi connectivity index (χ1n) is 6.47. The van der Waals surface area contributed by atoms with Crippen LogP contribution >= 0.6 is 0 Å². The fraction of sp³-hybridized carbons (Fsp3) is 0.400. The summed E-state index contributed by atoms with van der Waals surface area (Å²) in [5, 5.41) is 2.56. The van der Waals surface area contributed by atoms with Gasteiger partial charge in [-0.3, -0.25) is 14.5 Å². The van der Waals surface area contributed by atoms with Gasteiger partial charge in [0, 0.05) is 5.56 Å². The van der Waals surface area contributed by atoms with Crippen molar-refractivity contribution in [3.63, 3.8) is 0 Å². The molecule has 0 saturated carbocycles. The summed E-state index contributed by atoms with van der Waals surface area (Å²) in [6, 6.07) is 4.97. The lowest BCUT2D eigenvalue weighted by atomic mass is 10.0. The number of nitrogens with zero attached hydrogens (tertiary/aromatic N) is 1. The molecule has 0 spiro atoms. The molecule has 1 N–H and O–H groups in total. The van der Waals surface area contributed by atoms with Gasteiger partial charge in [0.25, 0.3) is 5.91 Å². The van der Waals surface area contributed by atoms with E-state index >= 15 is 0 Å². The molecule has 0 aliphatic carbocycles. The average Bonchev–Trinajstić information content (AvgIpc) is 2.51. The Kier molecular flexibility index (Phi) is 3.38. The van der Waals surface area contributed by atoms with Crippen LogP contribution in [0.25, 0.3) is 0 Å². The summed E-state index contributed by atoms with van der Waals surface area (Å²) < 4.78 is 0. The first kappa shape index (κ1) is 14.2. The number of aryl methyl sites for hydroxylation is 2. The van der Waals surface area contributed by atoms with Crippen molar-refractivity contribution in [1.82, 2.24) is 10.2 Å². The maximum atomic E-state index is 12.3. The van der Waals surface area contributed by atoms with E-state index in [1.165, 1.54) is 0 Å². The van der Waals surface area contributed by atoms with Crippen LogP contribution in [0.4, 0.5) is 4.79 Å². The summed E-state index contributed by atoms with van der Waals surface area (Å²) in [6.45, 7) is 6.80. The van der Waals surface area contributed by atoms with Crippen LogP contribution in [0, 0.1) is 13.8 Å². The number of hydrogen-bond acceptors (Lipinski definition) is 3. The van der Waals surface area contributed by atoms with Gasteiger partial charge in [0.2, 0.25) is 0 Å². The van der Waals surface area contributed by atoms with Crippen LogP contribution in [0.15, 0.2) is 18.2 Å². The molecule has 0 bridgehead atoms. The number of amides is 3. The van der Waals surface area contributed by atoms with Gasteiger partial charge < -0.3 is 5.32 Å². The molecule has 1 saturated heterocycles. The molecule has 1 heterocycles. The summed E-state index contributed by atoms with van der Waals surface area (Å²) in [5.41, 5.74) is 1.51. The predicted octanol–water partition coefficient (Wildman–Crippen LogP) is 1.82. The highest BCUT2D eigenvalue weighted by molar-refractivity contribution is 6.11. The van der Waals surface area contributed by atoms with Crippen LogP contribution in [-0.4, -0.2) is 34.7 Å². The van der Waals surface area contributed by atoms with Gasteiger partial charge >= 0.3 is 6.03 Å². The van der Waals surface area contributed by atoms with E-state index in [0.717, 1.165) is 16.0 Å². The number of urea groups is 1. The monoisotopic (exact) mass is 274 g/mol. The number of carbonyl (C=O) groups is 3. The van der Waals surface area contributed by atoms with Crippen molar-refractivity contribution in [2.45, 2.75) is 33.2 Å². The van der Waals surface area contributed by atoms with Crippen LogP contribution in [0.5, 0.6) is 0 Å². The molecule has 20 heavy (non-hydrogen) atoms. The predicted molar refractivity (Wildman–Crippen MR) is 74.6 cm³/mol. The highest BCUT2D eigenvalue weighted by Gasteiger charge is 2.44. The number of carbonyl (C=O) groups excluding carboxylic acids is 3. The molecule has 2 rings (SSSR count). The van der Waals surface area contributed by atoms with Crippen molar-refractivity contribution in [2.24, 2.45) is 0 Å². The molecule has 0 unspecified atom stereocenters. The zero-order valence-corrected chi connectivity index (χ0v) is 12.1. The van der Waals surface area contributed by atoms with E-state index in [1.807, 2.05) is 26.0 Å². The molecule has 5 heteroatoms. The molecule has 0 atom stereocenters. The molecular weight excluding hydrogens is 256 g/mol. The third-order valence-electron chi connectivity index (χ3n) is 3.43. The molecule has 1 aromatic carbocycles. The number of benzene rings is 1. The lowest BCUT2D eigenvalue weighted by molar-refractivity contribution is -0.129. The van der Waals surface area contributed by atoms with Crippen molar-refractivity contribution in [1.29, 1.82) is 0 Å². The normalized spacial score (nSPS) is 17.3. The van der Waals surface area contributed by atoms with Gasteiger partial charge in [0.05, 0.1) is 6.54 Å². The molecule has 1 aromatic rings. The Morgan fingerprint density at radius 2 is 1.90 bits per heavy atom. The second-order valence-corrected chi connectivity index (χ2v) is 5.69. The second kappa shape index (κ2) is 4.74. The molecule has 1 aliphatic heterocycles. The largest absolute Gasteiger partial charge is 0.325 e. The first-order valence-corrected chi connectivity index (χ1v) is 6.47.